The van der Waals surface area contributed by atoms with Gasteiger partial charge >= 0.3 is 0 Å². The van der Waals surface area contributed by atoms with E-state index in [1.807, 2.05) is 6.92 Å². The molecule has 17 heavy (non-hydrogen) atoms. The van der Waals surface area contributed by atoms with Crippen LogP contribution in [-0.2, 0) is 0 Å². The van der Waals surface area contributed by atoms with Crippen LogP contribution in [0.5, 0.6) is 0 Å². The molecular formula is C13H15ClFNO. The maximum absolute atomic E-state index is 13.7. The number of carbonyl (C=O) groups is 1. The second-order valence-electron chi connectivity index (χ2n) is 4.42. The van der Waals surface area contributed by atoms with E-state index in [1.54, 1.807) is 6.07 Å². The second-order valence-corrected chi connectivity index (χ2v) is 4.86. The van der Waals surface area contributed by atoms with Crippen molar-refractivity contribution in [3.05, 3.63) is 34.6 Å². The molecule has 1 atom stereocenters. The van der Waals surface area contributed by atoms with Gasteiger partial charge in [-0.2, -0.15) is 0 Å². The Kier molecular flexibility index (Phi) is 3.50. The number of Topliss-reactive ketones (excluding diaryl/α,β-unsaturated/α-hetero) is 1. The predicted molar refractivity (Wildman–Crippen MR) is 66.0 cm³/mol. The summed E-state index contributed by atoms with van der Waals surface area (Å²) in [6, 6.07) is 4.21. The maximum Gasteiger partial charge on any atom is 0.185 e. The molecule has 0 radical (unpaired) electrons. The zero-order chi connectivity index (χ0) is 12.5. The lowest BCUT2D eigenvalue weighted by molar-refractivity contribution is 0.0859. The Morgan fingerprint density at radius 3 is 2.88 bits per heavy atom. The molecule has 1 fully saturated rings. The lowest BCUT2D eigenvalue weighted by atomic mass is 9.85. The Morgan fingerprint density at radius 1 is 1.59 bits per heavy atom. The average molecular weight is 256 g/mol. The fraction of sp³-hybridized carbons (Fsp3) is 0.462. The molecule has 0 bridgehead atoms. The van der Waals surface area contributed by atoms with Gasteiger partial charge in [-0.3, -0.25) is 4.79 Å². The Bertz CT molecular complexity index is 441. The lowest BCUT2D eigenvalue weighted by Crippen LogP contribution is -2.47. The number of hydrogen-bond acceptors (Lipinski definition) is 2. The third kappa shape index (κ3) is 2.22. The average Bonchev–Trinajstić information content (AvgIpc) is 2.78. The van der Waals surface area contributed by atoms with Crippen LogP contribution in [0, 0.1) is 5.82 Å². The van der Waals surface area contributed by atoms with E-state index in [9.17, 15) is 9.18 Å². The molecule has 1 saturated heterocycles. The first kappa shape index (κ1) is 12.5. The normalized spacial score (nSPS) is 23.9. The number of ketones is 1. The van der Waals surface area contributed by atoms with Gasteiger partial charge in [0.25, 0.3) is 0 Å². The van der Waals surface area contributed by atoms with Crippen molar-refractivity contribution in [1.82, 2.24) is 5.32 Å². The standard InChI is InChI=1S/C13H15ClFNO/c1-2-13(6-3-7-16-13)12(17)10-5-4-9(14)8-11(10)15/h4-5,8,16H,2-3,6-7H2,1H3. The summed E-state index contributed by atoms with van der Waals surface area (Å²) in [5, 5.41) is 3.52. The van der Waals surface area contributed by atoms with E-state index in [0.29, 0.717) is 11.4 Å². The summed E-state index contributed by atoms with van der Waals surface area (Å²) < 4.78 is 13.7. The van der Waals surface area contributed by atoms with Crippen molar-refractivity contribution in [1.29, 1.82) is 0 Å². The van der Waals surface area contributed by atoms with Crippen LogP contribution < -0.4 is 5.32 Å². The SMILES string of the molecule is CCC1(C(=O)c2ccc(Cl)cc2F)CCCN1. The summed E-state index contributed by atoms with van der Waals surface area (Å²) >= 11 is 5.68. The molecule has 2 nitrogen and oxygen atoms in total. The molecular weight excluding hydrogens is 241 g/mol. The number of hydrogen-bond donors (Lipinski definition) is 1. The molecule has 92 valence electrons. The number of nitrogens with one attached hydrogen (secondary N) is 1. The van der Waals surface area contributed by atoms with Gasteiger partial charge in [-0.1, -0.05) is 18.5 Å². The summed E-state index contributed by atoms with van der Waals surface area (Å²) in [6.07, 6.45) is 2.40. The van der Waals surface area contributed by atoms with Crippen LogP contribution in [0.4, 0.5) is 4.39 Å². The minimum Gasteiger partial charge on any atom is -0.305 e. The Morgan fingerprint density at radius 2 is 2.35 bits per heavy atom. The van der Waals surface area contributed by atoms with E-state index in [-0.39, 0.29) is 11.3 Å². The summed E-state index contributed by atoms with van der Waals surface area (Å²) in [5.41, 5.74) is -0.458. The van der Waals surface area contributed by atoms with Gasteiger partial charge in [-0.25, -0.2) is 4.39 Å². The lowest BCUT2D eigenvalue weighted by Gasteiger charge is -2.26. The molecule has 1 heterocycles. The molecule has 0 aromatic heterocycles. The minimum absolute atomic E-state index is 0.130. The highest BCUT2D eigenvalue weighted by atomic mass is 35.5. The third-order valence-corrected chi connectivity index (χ3v) is 3.69. The maximum atomic E-state index is 13.7. The molecule has 0 saturated carbocycles. The molecule has 1 N–H and O–H groups in total. The molecule has 0 spiro atoms. The van der Waals surface area contributed by atoms with Gasteiger partial charge in [0.2, 0.25) is 0 Å². The number of halogens is 2. The van der Waals surface area contributed by atoms with Crippen LogP contribution >= 0.6 is 11.6 Å². The summed E-state index contributed by atoms with van der Waals surface area (Å²) in [5.74, 6) is -0.698. The molecule has 1 aromatic rings. The van der Waals surface area contributed by atoms with Gasteiger partial charge in [0.1, 0.15) is 5.82 Å². The molecule has 1 aliphatic heterocycles. The third-order valence-electron chi connectivity index (χ3n) is 3.46. The second kappa shape index (κ2) is 4.75. The summed E-state index contributed by atoms with van der Waals surface area (Å²) in [6.45, 7) is 2.76. The van der Waals surface area contributed by atoms with Crippen LogP contribution in [-0.4, -0.2) is 17.9 Å². The Labute approximate surface area is 105 Å². The molecule has 1 unspecified atom stereocenters. The molecule has 4 heteroatoms. The van der Waals surface area contributed by atoms with Gasteiger partial charge in [0.15, 0.2) is 5.78 Å². The van der Waals surface area contributed by atoms with Gasteiger partial charge < -0.3 is 5.32 Å². The van der Waals surface area contributed by atoms with Crippen LogP contribution in [0.2, 0.25) is 5.02 Å². The number of rotatable bonds is 3. The van der Waals surface area contributed by atoms with Crippen molar-refractivity contribution in [2.75, 3.05) is 6.54 Å². The van der Waals surface area contributed by atoms with Crippen LogP contribution in [0.25, 0.3) is 0 Å². The summed E-state index contributed by atoms with van der Waals surface area (Å²) in [7, 11) is 0. The van der Waals surface area contributed by atoms with Crippen molar-refractivity contribution in [2.24, 2.45) is 0 Å². The smallest absolute Gasteiger partial charge is 0.185 e. The fourth-order valence-corrected chi connectivity index (χ4v) is 2.55. The number of carbonyl (C=O) groups excluding carboxylic acids is 1. The highest BCUT2D eigenvalue weighted by Gasteiger charge is 2.40. The van der Waals surface area contributed by atoms with Crippen LogP contribution in [0.3, 0.4) is 0 Å². The minimum atomic E-state index is -0.589. The van der Waals surface area contributed by atoms with Crippen molar-refractivity contribution >= 4 is 17.4 Å². The number of benzene rings is 1. The van der Waals surface area contributed by atoms with Gasteiger partial charge in [-0.15, -0.1) is 0 Å². The largest absolute Gasteiger partial charge is 0.305 e. The molecule has 1 aliphatic rings. The van der Waals surface area contributed by atoms with Crippen molar-refractivity contribution in [2.45, 2.75) is 31.7 Å². The van der Waals surface area contributed by atoms with Gasteiger partial charge in [-0.05, 0) is 44.0 Å². The van der Waals surface area contributed by atoms with E-state index in [1.165, 1.54) is 12.1 Å². The highest BCUT2D eigenvalue weighted by molar-refractivity contribution is 6.30. The Hall–Kier alpha value is -0.930. The summed E-state index contributed by atoms with van der Waals surface area (Å²) in [4.78, 5) is 12.4. The molecule has 0 amide bonds. The van der Waals surface area contributed by atoms with Crippen molar-refractivity contribution < 1.29 is 9.18 Å². The Balaban J connectivity index is 2.36. The van der Waals surface area contributed by atoms with Gasteiger partial charge in [0.05, 0.1) is 11.1 Å². The van der Waals surface area contributed by atoms with Gasteiger partial charge in [0, 0.05) is 5.02 Å². The van der Waals surface area contributed by atoms with Crippen molar-refractivity contribution in [3.63, 3.8) is 0 Å². The fourth-order valence-electron chi connectivity index (χ4n) is 2.39. The predicted octanol–water partition coefficient (Wildman–Crippen LogP) is 3.19. The molecule has 0 aliphatic carbocycles. The van der Waals surface area contributed by atoms with E-state index in [2.05, 4.69) is 5.32 Å². The van der Waals surface area contributed by atoms with E-state index in [0.717, 1.165) is 19.4 Å². The quantitative estimate of drug-likeness (QED) is 0.841. The topological polar surface area (TPSA) is 29.1 Å². The first-order chi connectivity index (χ1) is 8.09. The molecule has 1 aromatic carbocycles. The zero-order valence-corrected chi connectivity index (χ0v) is 10.5. The van der Waals surface area contributed by atoms with E-state index < -0.39 is 11.4 Å². The van der Waals surface area contributed by atoms with Crippen molar-refractivity contribution in [3.8, 4) is 0 Å². The van der Waals surface area contributed by atoms with E-state index in [4.69, 9.17) is 11.6 Å². The highest BCUT2D eigenvalue weighted by Crippen LogP contribution is 2.29. The first-order valence-corrected chi connectivity index (χ1v) is 6.22. The van der Waals surface area contributed by atoms with Crippen LogP contribution in [0.1, 0.15) is 36.5 Å². The zero-order valence-electron chi connectivity index (χ0n) is 9.72. The monoisotopic (exact) mass is 255 g/mol. The molecule has 2 rings (SSSR count). The van der Waals surface area contributed by atoms with Crippen LogP contribution in [0.15, 0.2) is 18.2 Å². The van der Waals surface area contributed by atoms with E-state index >= 15 is 0 Å². The first-order valence-electron chi connectivity index (χ1n) is 5.84.